The summed E-state index contributed by atoms with van der Waals surface area (Å²) in [6, 6.07) is 7.85. The first-order chi connectivity index (χ1) is 11.1. The van der Waals surface area contributed by atoms with Gasteiger partial charge in [0.05, 0.1) is 18.6 Å². The van der Waals surface area contributed by atoms with Gasteiger partial charge < -0.3 is 14.6 Å². The SMILES string of the molecule is COc1ccccc1CCNC(=O)CSCc1c(C)noc1C. The molecule has 0 atom stereocenters. The van der Waals surface area contributed by atoms with Crippen molar-refractivity contribution in [1.29, 1.82) is 0 Å². The quantitative estimate of drug-likeness (QED) is 0.804. The highest BCUT2D eigenvalue weighted by Crippen LogP contribution is 2.19. The Morgan fingerprint density at radius 1 is 1.35 bits per heavy atom. The third-order valence-corrected chi connectivity index (χ3v) is 4.53. The van der Waals surface area contributed by atoms with Crippen LogP contribution >= 0.6 is 11.8 Å². The molecule has 0 bridgehead atoms. The predicted octanol–water partition coefficient (Wildman–Crippen LogP) is 2.89. The highest BCUT2D eigenvalue weighted by atomic mass is 32.2. The van der Waals surface area contributed by atoms with E-state index in [0.717, 1.165) is 40.5 Å². The minimum atomic E-state index is 0.0386. The number of benzene rings is 1. The Kier molecular flexibility index (Phi) is 6.52. The van der Waals surface area contributed by atoms with E-state index in [1.54, 1.807) is 18.9 Å². The van der Waals surface area contributed by atoms with Gasteiger partial charge in [-0.2, -0.15) is 0 Å². The number of rotatable bonds is 8. The van der Waals surface area contributed by atoms with Crippen LogP contribution in [0.2, 0.25) is 0 Å². The van der Waals surface area contributed by atoms with E-state index in [1.807, 2.05) is 38.1 Å². The molecule has 6 heteroatoms. The molecular formula is C17H22N2O3S. The zero-order valence-electron chi connectivity index (χ0n) is 13.7. The predicted molar refractivity (Wildman–Crippen MR) is 91.8 cm³/mol. The minimum Gasteiger partial charge on any atom is -0.496 e. The summed E-state index contributed by atoms with van der Waals surface area (Å²) >= 11 is 1.56. The molecule has 1 N–H and O–H groups in total. The second-order valence-electron chi connectivity index (χ2n) is 5.21. The van der Waals surface area contributed by atoms with E-state index in [2.05, 4.69) is 10.5 Å². The lowest BCUT2D eigenvalue weighted by atomic mass is 10.1. The molecule has 0 aliphatic heterocycles. The molecule has 1 aromatic carbocycles. The number of ether oxygens (including phenoxy) is 1. The first kappa shape index (κ1) is 17.4. The number of aromatic nitrogens is 1. The van der Waals surface area contributed by atoms with E-state index in [-0.39, 0.29) is 5.91 Å². The van der Waals surface area contributed by atoms with Crippen molar-refractivity contribution in [1.82, 2.24) is 10.5 Å². The van der Waals surface area contributed by atoms with Crippen molar-refractivity contribution in [3.05, 3.63) is 46.8 Å². The van der Waals surface area contributed by atoms with E-state index in [4.69, 9.17) is 9.26 Å². The first-order valence-electron chi connectivity index (χ1n) is 7.50. The van der Waals surface area contributed by atoms with Crippen molar-refractivity contribution >= 4 is 17.7 Å². The maximum absolute atomic E-state index is 11.9. The average Bonchev–Trinajstić information content (AvgIpc) is 2.87. The van der Waals surface area contributed by atoms with Crippen LogP contribution in [0.25, 0.3) is 0 Å². The second-order valence-corrected chi connectivity index (χ2v) is 6.19. The largest absolute Gasteiger partial charge is 0.496 e. The Morgan fingerprint density at radius 2 is 2.13 bits per heavy atom. The number of nitrogens with zero attached hydrogens (tertiary/aromatic N) is 1. The van der Waals surface area contributed by atoms with E-state index < -0.39 is 0 Å². The highest BCUT2D eigenvalue weighted by molar-refractivity contribution is 7.99. The minimum absolute atomic E-state index is 0.0386. The van der Waals surface area contributed by atoms with Gasteiger partial charge in [-0.05, 0) is 31.9 Å². The zero-order chi connectivity index (χ0) is 16.7. The van der Waals surface area contributed by atoms with Gasteiger partial charge in [0.1, 0.15) is 11.5 Å². The number of methoxy groups -OCH3 is 1. The Bertz CT molecular complexity index is 636. The van der Waals surface area contributed by atoms with Gasteiger partial charge in [-0.3, -0.25) is 4.79 Å². The third-order valence-electron chi connectivity index (χ3n) is 3.57. The molecule has 1 heterocycles. The molecule has 23 heavy (non-hydrogen) atoms. The first-order valence-corrected chi connectivity index (χ1v) is 8.65. The van der Waals surface area contributed by atoms with Crippen molar-refractivity contribution in [2.75, 3.05) is 19.4 Å². The lowest BCUT2D eigenvalue weighted by molar-refractivity contribution is -0.118. The van der Waals surface area contributed by atoms with Crippen molar-refractivity contribution in [3.8, 4) is 5.75 Å². The fraction of sp³-hybridized carbons (Fsp3) is 0.412. The van der Waals surface area contributed by atoms with Crippen LogP contribution in [-0.4, -0.2) is 30.5 Å². The van der Waals surface area contributed by atoms with E-state index in [9.17, 15) is 4.79 Å². The van der Waals surface area contributed by atoms with E-state index >= 15 is 0 Å². The molecule has 1 aromatic heterocycles. The van der Waals surface area contributed by atoms with E-state index in [0.29, 0.717) is 12.3 Å². The summed E-state index contributed by atoms with van der Waals surface area (Å²) in [6.45, 7) is 4.41. The molecule has 0 aliphatic carbocycles. The Morgan fingerprint density at radius 3 is 2.83 bits per heavy atom. The number of para-hydroxylation sites is 1. The van der Waals surface area contributed by atoms with Gasteiger partial charge in [0.15, 0.2) is 0 Å². The van der Waals surface area contributed by atoms with Gasteiger partial charge in [-0.15, -0.1) is 11.8 Å². The number of thioether (sulfide) groups is 1. The van der Waals surface area contributed by atoms with Crippen LogP contribution < -0.4 is 10.1 Å². The van der Waals surface area contributed by atoms with Crippen LogP contribution in [0.5, 0.6) is 5.75 Å². The maximum atomic E-state index is 11.9. The maximum Gasteiger partial charge on any atom is 0.230 e. The highest BCUT2D eigenvalue weighted by Gasteiger charge is 2.10. The molecule has 5 nitrogen and oxygen atoms in total. The Hall–Kier alpha value is -1.95. The van der Waals surface area contributed by atoms with Crippen molar-refractivity contribution < 1.29 is 14.1 Å². The Balaban J connectivity index is 1.69. The van der Waals surface area contributed by atoms with Crippen LogP contribution in [0, 0.1) is 13.8 Å². The lowest BCUT2D eigenvalue weighted by Crippen LogP contribution is -2.27. The van der Waals surface area contributed by atoms with Gasteiger partial charge in [-0.25, -0.2) is 0 Å². The van der Waals surface area contributed by atoms with Crippen molar-refractivity contribution in [2.24, 2.45) is 0 Å². The van der Waals surface area contributed by atoms with Gasteiger partial charge in [0, 0.05) is 17.9 Å². The summed E-state index contributed by atoms with van der Waals surface area (Å²) < 4.78 is 10.4. The molecule has 0 saturated carbocycles. The number of hydrogen-bond acceptors (Lipinski definition) is 5. The summed E-state index contributed by atoms with van der Waals surface area (Å²) in [5.41, 5.74) is 3.07. The molecule has 2 aromatic rings. The van der Waals surface area contributed by atoms with Gasteiger partial charge >= 0.3 is 0 Å². The number of carbonyl (C=O) groups excluding carboxylic acids is 1. The third kappa shape index (κ3) is 5.03. The molecule has 124 valence electrons. The second kappa shape index (κ2) is 8.62. The molecular weight excluding hydrogens is 312 g/mol. The molecule has 2 rings (SSSR count). The number of carbonyl (C=O) groups is 1. The summed E-state index contributed by atoms with van der Waals surface area (Å²) in [5.74, 6) is 2.88. The summed E-state index contributed by atoms with van der Waals surface area (Å²) in [5, 5.41) is 6.85. The van der Waals surface area contributed by atoms with Crippen LogP contribution in [0.3, 0.4) is 0 Å². The molecule has 0 aliphatic rings. The molecule has 1 amide bonds. The number of amides is 1. The molecule has 0 fully saturated rings. The summed E-state index contributed by atoms with van der Waals surface area (Å²) in [7, 11) is 1.66. The van der Waals surface area contributed by atoms with Crippen LogP contribution in [0.1, 0.15) is 22.6 Å². The van der Waals surface area contributed by atoms with Crippen LogP contribution in [0.4, 0.5) is 0 Å². The standard InChI is InChI=1S/C17H22N2O3S/c1-12-15(13(2)22-19-12)10-23-11-17(20)18-9-8-14-6-4-5-7-16(14)21-3/h4-7H,8-11H2,1-3H3,(H,18,20). The molecule has 0 spiro atoms. The van der Waals surface area contributed by atoms with Crippen molar-refractivity contribution in [3.63, 3.8) is 0 Å². The van der Waals surface area contributed by atoms with Gasteiger partial charge in [0.25, 0.3) is 0 Å². The topological polar surface area (TPSA) is 64.4 Å². The Labute approximate surface area is 140 Å². The van der Waals surface area contributed by atoms with Crippen LogP contribution in [0.15, 0.2) is 28.8 Å². The average molecular weight is 334 g/mol. The van der Waals surface area contributed by atoms with E-state index in [1.165, 1.54) is 0 Å². The smallest absolute Gasteiger partial charge is 0.230 e. The normalized spacial score (nSPS) is 10.6. The zero-order valence-corrected chi connectivity index (χ0v) is 14.5. The lowest BCUT2D eigenvalue weighted by Gasteiger charge is -2.09. The number of hydrogen-bond donors (Lipinski definition) is 1. The van der Waals surface area contributed by atoms with Gasteiger partial charge in [0.2, 0.25) is 5.91 Å². The van der Waals surface area contributed by atoms with Crippen LogP contribution in [-0.2, 0) is 17.0 Å². The summed E-state index contributed by atoms with van der Waals surface area (Å²) in [4.78, 5) is 11.9. The van der Waals surface area contributed by atoms with Gasteiger partial charge in [-0.1, -0.05) is 23.4 Å². The molecule has 0 saturated heterocycles. The number of aryl methyl sites for hydroxylation is 2. The molecule has 0 radical (unpaired) electrons. The summed E-state index contributed by atoms with van der Waals surface area (Å²) in [6.07, 6.45) is 0.754. The number of nitrogens with one attached hydrogen (secondary N) is 1. The van der Waals surface area contributed by atoms with Crippen molar-refractivity contribution in [2.45, 2.75) is 26.0 Å². The monoisotopic (exact) mass is 334 g/mol. The fourth-order valence-corrected chi connectivity index (χ4v) is 3.26. The molecule has 0 unspecified atom stereocenters. The fourth-order valence-electron chi connectivity index (χ4n) is 2.25.